The van der Waals surface area contributed by atoms with Gasteiger partial charge in [0.15, 0.2) is 0 Å². The van der Waals surface area contributed by atoms with Crippen LogP contribution in [0.3, 0.4) is 0 Å². The maximum atomic E-state index is 12.6. The van der Waals surface area contributed by atoms with E-state index in [1.165, 1.54) is 12.0 Å². The van der Waals surface area contributed by atoms with E-state index in [2.05, 4.69) is 4.74 Å². The molecule has 5 nitrogen and oxygen atoms in total. The zero-order valence-corrected chi connectivity index (χ0v) is 15.3. The van der Waals surface area contributed by atoms with E-state index in [0.29, 0.717) is 26.6 Å². The van der Waals surface area contributed by atoms with E-state index in [-0.39, 0.29) is 17.7 Å². The van der Waals surface area contributed by atoms with Gasteiger partial charge in [-0.05, 0) is 47.2 Å². The number of methoxy groups -OCH3 is 1. The molecule has 1 saturated heterocycles. The smallest absolute Gasteiger partial charge is 0.337 e. The number of carbonyl (C=O) groups excluding carboxylic acids is 3. The summed E-state index contributed by atoms with van der Waals surface area (Å²) in [6.45, 7) is 0.128. The normalized spacial score (nSPS) is 15.6. The molecule has 2 aromatic rings. The Kier molecular flexibility index (Phi) is 5.44. The number of rotatable bonds is 4. The highest BCUT2D eigenvalue weighted by molar-refractivity contribution is 8.18. The summed E-state index contributed by atoms with van der Waals surface area (Å²) in [6.07, 6.45) is 1.62. The van der Waals surface area contributed by atoms with Gasteiger partial charge < -0.3 is 4.74 Å². The van der Waals surface area contributed by atoms with Crippen LogP contribution in [0, 0.1) is 0 Å². The number of hydrogen-bond donors (Lipinski definition) is 0. The molecule has 0 bridgehead atoms. The molecule has 0 radical (unpaired) electrons. The van der Waals surface area contributed by atoms with Crippen LogP contribution in [-0.4, -0.2) is 29.1 Å². The highest BCUT2D eigenvalue weighted by atomic mass is 35.5. The van der Waals surface area contributed by atoms with E-state index >= 15 is 0 Å². The van der Waals surface area contributed by atoms with Gasteiger partial charge in [0.2, 0.25) is 0 Å². The Morgan fingerprint density at radius 1 is 1.15 bits per heavy atom. The lowest BCUT2D eigenvalue weighted by Crippen LogP contribution is -2.27. The van der Waals surface area contributed by atoms with Gasteiger partial charge in [-0.15, -0.1) is 0 Å². The lowest BCUT2D eigenvalue weighted by molar-refractivity contribution is -0.123. The molecule has 0 aliphatic carbocycles. The number of imide groups is 1. The van der Waals surface area contributed by atoms with Crippen molar-refractivity contribution in [3.05, 3.63) is 75.1 Å². The first-order chi connectivity index (χ1) is 12.5. The fourth-order valence-electron chi connectivity index (χ4n) is 2.42. The number of ether oxygens (including phenoxy) is 1. The second kappa shape index (κ2) is 7.76. The first kappa shape index (κ1) is 18.2. The van der Waals surface area contributed by atoms with E-state index in [4.69, 9.17) is 11.6 Å². The first-order valence-corrected chi connectivity index (χ1v) is 8.86. The molecule has 1 heterocycles. The molecule has 2 amide bonds. The van der Waals surface area contributed by atoms with Crippen molar-refractivity contribution in [1.82, 2.24) is 4.90 Å². The average Bonchev–Trinajstić information content (AvgIpc) is 2.91. The Labute approximate surface area is 159 Å². The van der Waals surface area contributed by atoms with E-state index in [1.807, 2.05) is 0 Å². The Hall–Kier alpha value is -2.57. The maximum Gasteiger partial charge on any atom is 0.337 e. The lowest BCUT2D eigenvalue weighted by atomic mass is 10.1. The fraction of sp³-hybridized carbons (Fsp3) is 0.105. The quantitative estimate of drug-likeness (QED) is 0.576. The van der Waals surface area contributed by atoms with Gasteiger partial charge in [0.25, 0.3) is 11.1 Å². The van der Waals surface area contributed by atoms with Gasteiger partial charge in [0.1, 0.15) is 0 Å². The predicted molar refractivity (Wildman–Crippen MR) is 101 cm³/mol. The van der Waals surface area contributed by atoms with Crippen LogP contribution in [0.2, 0.25) is 5.02 Å². The maximum absolute atomic E-state index is 12.6. The summed E-state index contributed by atoms with van der Waals surface area (Å²) in [5.74, 6) is -0.798. The number of halogens is 1. The van der Waals surface area contributed by atoms with Gasteiger partial charge in [-0.25, -0.2) is 4.79 Å². The molecule has 1 aliphatic rings. The van der Waals surface area contributed by atoms with Crippen LogP contribution < -0.4 is 0 Å². The van der Waals surface area contributed by atoms with Gasteiger partial charge in [-0.3, -0.25) is 14.5 Å². The van der Waals surface area contributed by atoms with Crippen LogP contribution in [0.15, 0.2) is 53.4 Å². The molecule has 1 fully saturated rings. The van der Waals surface area contributed by atoms with Crippen molar-refractivity contribution in [3.63, 3.8) is 0 Å². The standard InChI is InChI=1S/C19H14ClNO4S/c1-25-18(23)13-8-6-12(7-9-13)10-16-17(22)21(19(24)26-16)11-14-4-2-3-5-15(14)20/h2-10H,11H2,1H3. The third-order valence-electron chi connectivity index (χ3n) is 3.79. The minimum Gasteiger partial charge on any atom is -0.465 e. The van der Waals surface area contributed by atoms with Crippen molar-refractivity contribution in [3.8, 4) is 0 Å². The largest absolute Gasteiger partial charge is 0.465 e. The molecule has 1 aliphatic heterocycles. The zero-order valence-electron chi connectivity index (χ0n) is 13.8. The predicted octanol–water partition coefficient (Wildman–Crippen LogP) is 4.36. The van der Waals surface area contributed by atoms with Crippen LogP contribution in [0.5, 0.6) is 0 Å². The summed E-state index contributed by atoms with van der Waals surface area (Å²) in [5, 5.41) is 0.168. The van der Waals surface area contributed by atoms with Crippen molar-refractivity contribution in [2.24, 2.45) is 0 Å². The average molecular weight is 388 g/mol. The highest BCUT2D eigenvalue weighted by Crippen LogP contribution is 2.34. The number of benzene rings is 2. The van der Waals surface area contributed by atoms with Gasteiger partial charge in [0.05, 0.1) is 24.1 Å². The number of amides is 2. The molecule has 2 aromatic carbocycles. The molecule has 26 heavy (non-hydrogen) atoms. The third-order valence-corrected chi connectivity index (χ3v) is 5.07. The molecule has 0 aromatic heterocycles. The molecule has 0 saturated carbocycles. The van der Waals surface area contributed by atoms with Crippen LogP contribution in [-0.2, 0) is 16.1 Å². The summed E-state index contributed by atoms with van der Waals surface area (Å²) in [4.78, 5) is 37.7. The second-order valence-corrected chi connectivity index (χ2v) is 6.87. The molecule has 0 N–H and O–H groups in total. The van der Waals surface area contributed by atoms with Crippen molar-refractivity contribution in [2.45, 2.75) is 6.54 Å². The SMILES string of the molecule is COC(=O)c1ccc(C=C2SC(=O)N(Cc3ccccc3Cl)C2=O)cc1. The Morgan fingerprint density at radius 2 is 1.85 bits per heavy atom. The third kappa shape index (κ3) is 3.81. The lowest BCUT2D eigenvalue weighted by Gasteiger charge is -2.13. The summed E-state index contributed by atoms with van der Waals surface area (Å²) in [5.41, 5.74) is 1.83. The summed E-state index contributed by atoms with van der Waals surface area (Å²) in [6, 6.07) is 13.7. The van der Waals surface area contributed by atoms with Crippen molar-refractivity contribution in [1.29, 1.82) is 0 Å². The van der Waals surface area contributed by atoms with Crippen LogP contribution in [0.1, 0.15) is 21.5 Å². The Bertz CT molecular complexity index is 908. The van der Waals surface area contributed by atoms with Gasteiger partial charge in [-0.2, -0.15) is 0 Å². The van der Waals surface area contributed by atoms with E-state index in [9.17, 15) is 14.4 Å². The Balaban J connectivity index is 1.79. The van der Waals surface area contributed by atoms with Crippen molar-refractivity contribution in [2.75, 3.05) is 7.11 Å². The summed E-state index contributed by atoms with van der Waals surface area (Å²) in [7, 11) is 1.31. The fourth-order valence-corrected chi connectivity index (χ4v) is 3.45. The number of hydrogen-bond acceptors (Lipinski definition) is 5. The number of esters is 1. The molecule has 3 rings (SSSR count). The molecule has 0 spiro atoms. The minimum absolute atomic E-state index is 0.128. The second-order valence-electron chi connectivity index (χ2n) is 5.47. The first-order valence-electron chi connectivity index (χ1n) is 7.67. The van der Waals surface area contributed by atoms with Gasteiger partial charge >= 0.3 is 5.97 Å². The highest BCUT2D eigenvalue weighted by Gasteiger charge is 2.35. The van der Waals surface area contributed by atoms with E-state index < -0.39 is 5.97 Å². The minimum atomic E-state index is -0.434. The molecule has 0 atom stereocenters. The summed E-state index contributed by atoms with van der Waals surface area (Å²) < 4.78 is 4.65. The molecule has 0 unspecified atom stereocenters. The summed E-state index contributed by atoms with van der Waals surface area (Å²) >= 11 is 6.99. The van der Waals surface area contributed by atoms with Crippen molar-refractivity contribution < 1.29 is 19.1 Å². The number of carbonyl (C=O) groups is 3. The van der Waals surface area contributed by atoms with Gasteiger partial charge in [0, 0.05) is 5.02 Å². The molecule has 7 heteroatoms. The Morgan fingerprint density at radius 3 is 2.50 bits per heavy atom. The molecular formula is C19H14ClNO4S. The van der Waals surface area contributed by atoms with E-state index in [1.54, 1.807) is 54.6 Å². The molecule has 132 valence electrons. The van der Waals surface area contributed by atoms with Gasteiger partial charge in [-0.1, -0.05) is 41.9 Å². The number of nitrogens with zero attached hydrogens (tertiary/aromatic N) is 1. The topological polar surface area (TPSA) is 63.7 Å². The molecular weight excluding hydrogens is 374 g/mol. The zero-order chi connectivity index (χ0) is 18.7. The van der Waals surface area contributed by atoms with Crippen LogP contribution >= 0.6 is 23.4 Å². The number of thioether (sulfide) groups is 1. The van der Waals surface area contributed by atoms with Crippen molar-refractivity contribution >= 4 is 46.6 Å². The van der Waals surface area contributed by atoms with E-state index in [0.717, 1.165) is 11.8 Å². The van der Waals surface area contributed by atoms with Crippen LogP contribution in [0.25, 0.3) is 6.08 Å². The van der Waals surface area contributed by atoms with Crippen LogP contribution in [0.4, 0.5) is 4.79 Å². The monoisotopic (exact) mass is 387 g/mol.